The number of aliphatic hydroxyl groups is 1. The van der Waals surface area contributed by atoms with Gasteiger partial charge in [0.15, 0.2) is 0 Å². The third-order valence-electron chi connectivity index (χ3n) is 4.82. The number of piperidine rings is 2. The minimum atomic E-state index is -0.507. The zero-order valence-corrected chi connectivity index (χ0v) is 15.5. The van der Waals surface area contributed by atoms with Crippen molar-refractivity contribution in [3.63, 3.8) is 0 Å². The number of hydrogen-bond acceptors (Lipinski definition) is 5. The Labute approximate surface area is 155 Å². The monoisotopic (exact) mass is 376 g/mol. The molecule has 2 aliphatic heterocycles. The average molecular weight is 377 g/mol. The van der Waals surface area contributed by atoms with Crippen molar-refractivity contribution in [3.8, 4) is 0 Å². The summed E-state index contributed by atoms with van der Waals surface area (Å²) in [7, 11) is 0. The smallest absolute Gasteiger partial charge is 0.217 e. The Morgan fingerprint density at radius 1 is 1.46 bits per heavy atom. The first-order chi connectivity index (χ1) is 10.6. The molecule has 3 heterocycles. The number of amides is 1. The molecule has 0 radical (unpaired) electrons. The van der Waals surface area contributed by atoms with Crippen LogP contribution in [0.2, 0.25) is 0 Å². The number of fused-ring (bicyclic) bond motifs is 1. The maximum absolute atomic E-state index is 10.9. The summed E-state index contributed by atoms with van der Waals surface area (Å²) in [6.45, 7) is 5.47. The second-order valence-corrected chi connectivity index (χ2v) is 6.39. The van der Waals surface area contributed by atoms with Crippen LogP contribution in [0.4, 0.5) is 5.82 Å². The fourth-order valence-electron chi connectivity index (χ4n) is 3.37. The molecule has 1 amide bonds. The third kappa shape index (κ3) is 4.72. The summed E-state index contributed by atoms with van der Waals surface area (Å²) in [6, 6.07) is 4.00. The van der Waals surface area contributed by atoms with Crippen molar-refractivity contribution in [2.45, 2.75) is 31.9 Å². The van der Waals surface area contributed by atoms with Crippen LogP contribution in [0, 0.1) is 5.92 Å². The Balaban J connectivity index is 0.00000144. The Kier molecular flexibility index (Phi) is 7.73. The molecule has 1 aromatic rings. The van der Waals surface area contributed by atoms with Crippen LogP contribution in [0.1, 0.15) is 25.3 Å². The number of rotatable bonds is 3. The molecule has 8 heteroatoms. The Morgan fingerprint density at radius 3 is 2.92 bits per heavy atom. The first-order valence-electron chi connectivity index (χ1n) is 7.94. The summed E-state index contributed by atoms with van der Waals surface area (Å²) >= 11 is 0. The summed E-state index contributed by atoms with van der Waals surface area (Å²) in [6.07, 6.45) is 3.45. The summed E-state index contributed by atoms with van der Waals surface area (Å²) in [5, 5.41) is 16.8. The van der Waals surface area contributed by atoms with Crippen LogP contribution in [-0.4, -0.2) is 47.8 Å². The summed E-state index contributed by atoms with van der Waals surface area (Å²) in [5.74, 6) is 1.17. The van der Waals surface area contributed by atoms with E-state index in [1.54, 1.807) is 0 Å². The summed E-state index contributed by atoms with van der Waals surface area (Å²) in [4.78, 5) is 17.7. The molecule has 2 saturated heterocycles. The molecule has 0 spiro atoms. The summed E-state index contributed by atoms with van der Waals surface area (Å²) in [5.41, 5.74) is 0.486. The van der Waals surface area contributed by atoms with E-state index in [-0.39, 0.29) is 36.6 Å². The molecule has 24 heavy (non-hydrogen) atoms. The highest BCUT2D eigenvalue weighted by Crippen LogP contribution is 2.34. The number of hydrogen-bond donors (Lipinski definition) is 3. The lowest BCUT2D eigenvalue weighted by Gasteiger charge is -2.47. The first kappa shape index (κ1) is 21.0. The van der Waals surface area contributed by atoms with Crippen LogP contribution in [0.25, 0.3) is 0 Å². The second-order valence-electron chi connectivity index (χ2n) is 6.39. The van der Waals surface area contributed by atoms with E-state index in [1.165, 1.54) is 6.92 Å². The lowest BCUT2D eigenvalue weighted by atomic mass is 9.76. The highest BCUT2D eigenvalue weighted by Gasteiger charge is 2.43. The zero-order valence-electron chi connectivity index (χ0n) is 13.8. The van der Waals surface area contributed by atoms with Crippen LogP contribution in [0.3, 0.4) is 0 Å². The number of pyridine rings is 1. The van der Waals surface area contributed by atoms with Crippen molar-refractivity contribution in [1.29, 1.82) is 0 Å². The van der Waals surface area contributed by atoms with E-state index in [2.05, 4.69) is 20.5 Å². The Bertz CT molecular complexity index is 543. The number of carbonyl (C=O) groups excluding carboxylic acids is 1. The fraction of sp³-hybridized carbons (Fsp3) is 0.625. The molecule has 0 aromatic carbocycles. The van der Waals surface area contributed by atoms with Crippen molar-refractivity contribution < 1.29 is 9.90 Å². The lowest BCUT2D eigenvalue weighted by Crippen LogP contribution is -2.59. The molecule has 1 aromatic heterocycles. The molecule has 2 aliphatic rings. The molecule has 3 N–H and O–H groups in total. The first-order valence-corrected chi connectivity index (χ1v) is 7.94. The number of halogens is 2. The van der Waals surface area contributed by atoms with Crippen molar-refractivity contribution >= 4 is 36.5 Å². The van der Waals surface area contributed by atoms with Gasteiger partial charge in [-0.2, -0.15) is 0 Å². The summed E-state index contributed by atoms with van der Waals surface area (Å²) < 4.78 is 0. The molecular weight excluding hydrogens is 351 g/mol. The highest BCUT2D eigenvalue weighted by molar-refractivity contribution is 5.85. The predicted molar refractivity (Wildman–Crippen MR) is 99.0 cm³/mol. The minimum Gasteiger partial charge on any atom is -0.389 e. The van der Waals surface area contributed by atoms with Gasteiger partial charge >= 0.3 is 0 Å². The van der Waals surface area contributed by atoms with Crippen molar-refractivity contribution in [3.05, 3.63) is 23.9 Å². The van der Waals surface area contributed by atoms with Gasteiger partial charge in [0.05, 0.1) is 5.60 Å². The standard InChI is InChI=1S/C16H24N4O2.2ClH/c1-12(21)18-8-13-2-3-15(19-9-13)20-7-5-16(22)4-6-17-10-14(16)11-20;;/h2-3,9,14,17,22H,4-8,10-11H2,1H3,(H,18,21);2*1H/t14-,16-;;/m0../s1. The lowest BCUT2D eigenvalue weighted by molar-refractivity contribution is -0.119. The van der Waals surface area contributed by atoms with Gasteiger partial charge in [-0.15, -0.1) is 24.8 Å². The van der Waals surface area contributed by atoms with Gasteiger partial charge in [0.1, 0.15) is 5.82 Å². The van der Waals surface area contributed by atoms with Gasteiger partial charge in [-0.1, -0.05) is 6.07 Å². The molecule has 0 aliphatic carbocycles. The zero-order chi connectivity index (χ0) is 15.6. The third-order valence-corrected chi connectivity index (χ3v) is 4.82. The van der Waals surface area contributed by atoms with Gasteiger partial charge in [-0.25, -0.2) is 4.98 Å². The van der Waals surface area contributed by atoms with Gasteiger partial charge < -0.3 is 20.6 Å². The van der Waals surface area contributed by atoms with E-state index in [0.29, 0.717) is 6.54 Å². The fourth-order valence-corrected chi connectivity index (χ4v) is 3.37. The van der Waals surface area contributed by atoms with Crippen LogP contribution in [-0.2, 0) is 11.3 Å². The Hall–Kier alpha value is -1.08. The Morgan fingerprint density at radius 2 is 2.25 bits per heavy atom. The van der Waals surface area contributed by atoms with Gasteiger partial charge in [0, 0.05) is 45.2 Å². The quantitative estimate of drug-likeness (QED) is 0.736. The molecule has 3 rings (SSSR count). The molecule has 6 nitrogen and oxygen atoms in total. The van der Waals surface area contributed by atoms with E-state index in [1.807, 2.05) is 18.3 Å². The maximum atomic E-state index is 10.9. The van der Waals surface area contributed by atoms with Crippen LogP contribution < -0.4 is 15.5 Å². The second kappa shape index (κ2) is 8.85. The maximum Gasteiger partial charge on any atom is 0.217 e. The van der Waals surface area contributed by atoms with Gasteiger partial charge in [-0.05, 0) is 31.0 Å². The van der Waals surface area contributed by atoms with E-state index in [9.17, 15) is 9.90 Å². The van der Waals surface area contributed by atoms with Gasteiger partial charge in [-0.3, -0.25) is 4.79 Å². The number of carbonyl (C=O) groups is 1. The molecule has 2 atom stereocenters. The molecule has 2 fully saturated rings. The van der Waals surface area contributed by atoms with Gasteiger partial charge in [0.2, 0.25) is 5.91 Å². The van der Waals surface area contributed by atoms with Crippen molar-refractivity contribution in [2.24, 2.45) is 5.92 Å². The van der Waals surface area contributed by atoms with Crippen molar-refractivity contribution in [2.75, 3.05) is 31.1 Å². The number of aromatic nitrogens is 1. The molecular formula is C16H26Cl2N4O2. The highest BCUT2D eigenvalue weighted by atomic mass is 35.5. The van der Waals surface area contributed by atoms with Crippen LogP contribution in [0.15, 0.2) is 18.3 Å². The molecule has 0 bridgehead atoms. The van der Waals surface area contributed by atoms with Crippen molar-refractivity contribution in [1.82, 2.24) is 15.6 Å². The predicted octanol–water partition coefficient (Wildman–Crippen LogP) is 1.11. The topological polar surface area (TPSA) is 77.5 Å². The minimum absolute atomic E-state index is 0. The van der Waals surface area contributed by atoms with Crippen LogP contribution in [0.5, 0.6) is 0 Å². The molecule has 136 valence electrons. The molecule has 0 saturated carbocycles. The molecule has 0 unspecified atom stereocenters. The van der Waals surface area contributed by atoms with E-state index >= 15 is 0 Å². The van der Waals surface area contributed by atoms with E-state index in [4.69, 9.17) is 0 Å². The SMILES string of the molecule is CC(=O)NCc1ccc(N2CC[C@@]3(O)CCNC[C@H]3C2)nc1.Cl.Cl. The van der Waals surface area contributed by atoms with Gasteiger partial charge in [0.25, 0.3) is 0 Å². The average Bonchev–Trinajstić information content (AvgIpc) is 2.52. The number of nitrogens with one attached hydrogen (secondary N) is 2. The normalized spacial score (nSPS) is 25.8. The van der Waals surface area contributed by atoms with Crippen LogP contribution >= 0.6 is 24.8 Å². The number of nitrogens with zero attached hydrogens (tertiary/aromatic N) is 2. The van der Waals surface area contributed by atoms with E-state index in [0.717, 1.165) is 50.4 Å². The van der Waals surface area contributed by atoms with E-state index < -0.39 is 5.60 Å². The largest absolute Gasteiger partial charge is 0.389 e. The number of anilines is 1.